The summed E-state index contributed by atoms with van der Waals surface area (Å²) in [6, 6.07) is 19.3. The van der Waals surface area contributed by atoms with E-state index in [0.717, 1.165) is 46.6 Å². The number of hydroxylamine groups is 1. The van der Waals surface area contributed by atoms with Crippen molar-refractivity contribution in [1.82, 2.24) is 5.48 Å². The lowest BCUT2D eigenvalue weighted by Gasteiger charge is -2.18. The van der Waals surface area contributed by atoms with Gasteiger partial charge in [-0.1, -0.05) is 42.5 Å². The van der Waals surface area contributed by atoms with E-state index >= 15 is 0 Å². The van der Waals surface area contributed by atoms with Crippen LogP contribution < -0.4 is 20.4 Å². The van der Waals surface area contributed by atoms with E-state index in [9.17, 15) is 9.59 Å². The Bertz CT molecular complexity index is 1260. The second kappa shape index (κ2) is 12.6. The molecule has 0 heterocycles. The number of rotatable bonds is 12. The third kappa shape index (κ3) is 6.71. The summed E-state index contributed by atoms with van der Waals surface area (Å²) < 4.78 is 28.1. The normalized spacial score (nSPS) is 14.0. The highest BCUT2D eigenvalue weighted by atomic mass is 16.7. The number of aliphatic carboxylic acids is 1. The first-order valence-electron chi connectivity index (χ1n) is 12.3. The van der Waals surface area contributed by atoms with Crippen molar-refractivity contribution in [2.75, 3.05) is 20.3 Å². The van der Waals surface area contributed by atoms with Crippen LogP contribution in [0.4, 0.5) is 0 Å². The molecule has 198 valence electrons. The predicted octanol–water partition coefficient (Wildman–Crippen LogP) is 3.65. The van der Waals surface area contributed by atoms with Gasteiger partial charge in [0.1, 0.15) is 30.0 Å². The predicted molar refractivity (Wildman–Crippen MR) is 141 cm³/mol. The van der Waals surface area contributed by atoms with Crippen molar-refractivity contribution in [1.29, 1.82) is 0 Å². The van der Waals surface area contributed by atoms with Crippen LogP contribution in [-0.4, -0.2) is 44.4 Å². The number of carboxylic acids is 1. The van der Waals surface area contributed by atoms with Crippen LogP contribution in [-0.2, 0) is 30.2 Å². The van der Waals surface area contributed by atoms with Crippen LogP contribution in [0.5, 0.6) is 17.2 Å². The van der Waals surface area contributed by atoms with Gasteiger partial charge in [0.25, 0.3) is 0 Å². The summed E-state index contributed by atoms with van der Waals surface area (Å²) in [7, 11) is 0.648. The summed E-state index contributed by atoms with van der Waals surface area (Å²) in [5, 5.41) is 8.61. The van der Waals surface area contributed by atoms with Gasteiger partial charge in [0.05, 0.1) is 0 Å². The number of benzene rings is 3. The average molecular weight is 519 g/mol. The molecule has 3 aromatic rings. The molecule has 0 radical (unpaired) electrons. The number of nitrogens with one attached hydrogen (secondary N) is 1. The second-order valence-corrected chi connectivity index (χ2v) is 8.88. The number of para-hydroxylation sites is 1. The van der Waals surface area contributed by atoms with Gasteiger partial charge in [-0.25, -0.2) is 15.1 Å². The van der Waals surface area contributed by atoms with Gasteiger partial charge in [0.15, 0.2) is 6.61 Å². The summed E-state index contributed by atoms with van der Waals surface area (Å²) >= 11 is 0. The van der Waals surface area contributed by atoms with Gasteiger partial charge in [-0.05, 0) is 67.0 Å². The highest BCUT2D eigenvalue weighted by Gasteiger charge is 2.28. The highest BCUT2D eigenvalue weighted by molar-refractivity contribution is 6.61. The molecular formula is C28H30BNO8. The fourth-order valence-electron chi connectivity index (χ4n) is 4.37. The minimum atomic E-state index is -1.24. The Labute approximate surface area is 221 Å². The summed E-state index contributed by atoms with van der Waals surface area (Å²) in [6.07, 6.45) is 1.57. The molecule has 10 heteroatoms. The Hall–Kier alpha value is -3.86. The molecule has 0 amide bonds. The zero-order valence-electron chi connectivity index (χ0n) is 21.6. The fourth-order valence-corrected chi connectivity index (χ4v) is 4.37. The third-order valence-electron chi connectivity index (χ3n) is 6.16. The van der Waals surface area contributed by atoms with E-state index in [2.05, 4.69) is 16.3 Å². The van der Waals surface area contributed by atoms with Crippen LogP contribution in [0.1, 0.15) is 34.8 Å². The van der Waals surface area contributed by atoms with Gasteiger partial charge in [0.2, 0.25) is 0 Å². The maximum absolute atomic E-state index is 11.7. The third-order valence-corrected chi connectivity index (χ3v) is 6.16. The number of carbonyl (C=O) groups excluding carboxylic acids is 1. The summed E-state index contributed by atoms with van der Waals surface area (Å²) in [6.45, 7) is 2.89. The molecule has 0 fully saturated rings. The molecule has 9 nitrogen and oxygen atoms in total. The molecule has 0 aromatic heterocycles. The molecule has 1 aliphatic carbocycles. The van der Waals surface area contributed by atoms with Crippen molar-refractivity contribution >= 4 is 24.5 Å². The van der Waals surface area contributed by atoms with Crippen molar-refractivity contribution in [3.63, 3.8) is 0 Å². The number of carbonyl (C=O) groups is 2. The minimum Gasteiger partial charge on any atom is -0.486 e. The molecular weight excluding hydrogens is 489 g/mol. The molecule has 1 unspecified atom stereocenters. The maximum atomic E-state index is 11.7. The van der Waals surface area contributed by atoms with Crippen LogP contribution in [0.3, 0.4) is 0 Å². The first-order chi connectivity index (χ1) is 18.4. The zero-order chi connectivity index (χ0) is 27.1. The fraction of sp³-hybridized carbons (Fsp3) is 0.286. The Morgan fingerprint density at radius 2 is 1.71 bits per heavy atom. The topological polar surface area (TPSA) is 113 Å². The monoisotopic (exact) mass is 519 g/mol. The zero-order valence-corrected chi connectivity index (χ0v) is 21.6. The molecule has 2 N–H and O–H groups in total. The van der Waals surface area contributed by atoms with Crippen molar-refractivity contribution in [3.05, 3.63) is 82.9 Å². The molecule has 1 atom stereocenters. The summed E-state index contributed by atoms with van der Waals surface area (Å²) in [4.78, 5) is 22.2. The number of hydrogen-bond acceptors (Lipinski definition) is 8. The number of ether oxygens (including phenoxy) is 3. The van der Waals surface area contributed by atoms with Gasteiger partial charge in [-0.15, -0.1) is 0 Å². The Kier molecular flexibility index (Phi) is 9.01. The Morgan fingerprint density at radius 1 is 1.00 bits per heavy atom. The van der Waals surface area contributed by atoms with Crippen molar-refractivity contribution < 1.29 is 38.3 Å². The summed E-state index contributed by atoms with van der Waals surface area (Å²) in [5.41, 5.74) is 7.62. The molecule has 0 saturated carbocycles. The Morgan fingerprint density at radius 3 is 2.39 bits per heavy atom. The molecule has 0 aliphatic heterocycles. The van der Waals surface area contributed by atoms with Crippen LogP contribution >= 0.6 is 0 Å². The SMILES string of the molecule is CNOB(OCC(=O)OCC(=O)O)c1ccc(OC2CCc3c(Oc4c(C)cccc4C)cccc32)cc1. The van der Waals surface area contributed by atoms with Gasteiger partial charge in [0, 0.05) is 12.6 Å². The van der Waals surface area contributed by atoms with Crippen LogP contribution in [0.25, 0.3) is 0 Å². The van der Waals surface area contributed by atoms with E-state index in [1.165, 1.54) is 0 Å². The van der Waals surface area contributed by atoms with Crippen LogP contribution in [0.2, 0.25) is 0 Å². The van der Waals surface area contributed by atoms with Gasteiger partial charge in [-0.3, -0.25) is 0 Å². The van der Waals surface area contributed by atoms with Crippen molar-refractivity contribution in [3.8, 4) is 17.2 Å². The largest absolute Gasteiger partial charge is 0.511 e. The molecule has 3 aromatic carbocycles. The minimum absolute atomic E-state index is 0.109. The molecule has 38 heavy (non-hydrogen) atoms. The maximum Gasteiger partial charge on any atom is 0.511 e. The quantitative estimate of drug-likeness (QED) is 0.210. The first kappa shape index (κ1) is 27.2. The first-order valence-corrected chi connectivity index (χ1v) is 12.3. The van der Waals surface area contributed by atoms with E-state index in [-0.39, 0.29) is 6.10 Å². The number of fused-ring (bicyclic) bond motifs is 1. The van der Waals surface area contributed by atoms with E-state index < -0.39 is 32.3 Å². The molecule has 0 spiro atoms. The average Bonchev–Trinajstić information content (AvgIpc) is 3.31. The number of aryl methyl sites for hydroxylation is 2. The Balaban J connectivity index is 1.41. The van der Waals surface area contributed by atoms with Crippen molar-refractivity contribution in [2.45, 2.75) is 32.8 Å². The van der Waals surface area contributed by atoms with E-state index in [1.807, 2.05) is 56.3 Å². The van der Waals surface area contributed by atoms with Crippen LogP contribution in [0.15, 0.2) is 60.7 Å². The lowest BCUT2D eigenvalue weighted by molar-refractivity contribution is -0.156. The standard InChI is InChI=1S/C28H30BNO8/c1-18-6-4-7-19(2)28(18)37-24-9-5-8-22-23(24)14-15-25(22)36-21-12-10-20(11-13-21)29(38-30-3)35-17-27(33)34-16-26(31)32/h4-13,25,30H,14-17H2,1-3H3,(H,31,32). The van der Waals surface area contributed by atoms with Gasteiger partial charge in [-0.2, -0.15) is 0 Å². The van der Waals surface area contributed by atoms with Crippen molar-refractivity contribution in [2.24, 2.45) is 0 Å². The lowest BCUT2D eigenvalue weighted by atomic mass is 9.79. The van der Waals surface area contributed by atoms with Crippen LogP contribution in [0, 0.1) is 13.8 Å². The van der Waals surface area contributed by atoms with E-state index in [4.69, 9.17) is 24.0 Å². The smallest absolute Gasteiger partial charge is 0.486 e. The van der Waals surface area contributed by atoms with E-state index in [1.54, 1.807) is 19.2 Å². The van der Waals surface area contributed by atoms with E-state index in [0.29, 0.717) is 11.2 Å². The molecule has 1 aliphatic rings. The molecule has 0 bridgehead atoms. The van der Waals surface area contributed by atoms with Gasteiger partial charge < -0.3 is 28.7 Å². The summed E-state index contributed by atoms with van der Waals surface area (Å²) in [5.74, 6) is 0.366. The number of carboxylic acid groups (broad SMARTS) is 1. The second-order valence-electron chi connectivity index (χ2n) is 8.88. The number of hydrogen-bond donors (Lipinski definition) is 2. The van der Waals surface area contributed by atoms with Gasteiger partial charge >= 0.3 is 19.1 Å². The number of esters is 1. The molecule has 4 rings (SSSR count). The lowest BCUT2D eigenvalue weighted by Crippen LogP contribution is -2.41. The highest BCUT2D eigenvalue weighted by Crippen LogP contribution is 2.41. The molecule has 0 saturated heterocycles.